The second-order valence-electron chi connectivity index (χ2n) is 15.3. The first-order chi connectivity index (χ1) is 23.1. The highest BCUT2D eigenvalue weighted by Crippen LogP contribution is 2.45. The Morgan fingerprint density at radius 2 is 1.64 bits per heavy atom. The van der Waals surface area contributed by atoms with E-state index in [0.29, 0.717) is 32.8 Å². The van der Waals surface area contributed by atoms with Crippen LogP contribution in [0, 0.1) is 5.82 Å². The van der Waals surface area contributed by atoms with Gasteiger partial charge in [0, 0.05) is 52.1 Å². The van der Waals surface area contributed by atoms with Gasteiger partial charge in [-0.15, -0.1) is 0 Å². The number of rotatable bonds is 9. The van der Waals surface area contributed by atoms with Gasteiger partial charge in [-0.1, -0.05) is 17.7 Å². The molecule has 1 aromatic rings. The third-order valence-electron chi connectivity index (χ3n) is 8.85. The molecule has 2 N–H and O–H groups in total. The van der Waals surface area contributed by atoms with Gasteiger partial charge in [-0.05, 0) is 72.1 Å². The van der Waals surface area contributed by atoms with Crippen LogP contribution < -0.4 is 10.6 Å². The second kappa shape index (κ2) is 15.1. The van der Waals surface area contributed by atoms with E-state index in [4.69, 9.17) is 25.8 Å². The second-order valence-corrected chi connectivity index (χ2v) is 15.7. The molecule has 3 aliphatic rings. The van der Waals surface area contributed by atoms with E-state index < -0.39 is 83.8 Å². The quantitative estimate of drug-likeness (QED) is 0.374. The van der Waals surface area contributed by atoms with Crippen LogP contribution in [0.25, 0.3) is 0 Å². The van der Waals surface area contributed by atoms with Crippen LogP contribution in [0.4, 0.5) is 22.8 Å². The Labute approximate surface area is 296 Å². The highest BCUT2D eigenvalue weighted by atomic mass is 35.5. The number of nitrogens with zero attached hydrogens (tertiary/aromatic N) is 3. The number of carbonyl (C=O) groups is 4. The smallest absolute Gasteiger partial charge is 0.410 e. The van der Waals surface area contributed by atoms with Gasteiger partial charge >= 0.3 is 12.2 Å². The number of nitrogens with one attached hydrogen (secondary N) is 2. The Bertz CT molecular complexity index is 1430. The Kier molecular flexibility index (Phi) is 11.9. The molecule has 3 fully saturated rings. The van der Waals surface area contributed by atoms with Crippen molar-refractivity contribution in [1.29, 1.82) is 0 Å². The van der Waals surface area contributed by atoms with E-state index >= 15 is 13.6 Å². The van der Waals surface area contributed by atoms with Crippen molar-refractivity contribution >= 4 is 35.6 Å². The average molecular weight is 732 g/mol. The average Bonchev–Trinajstić information content (AvgIpc) is 3.58. The summed E-state index contributed by atoms with van der Waals surface area (Å²) in [5, 5.41) is 5.16. The van der Waals surface area contributed by atoms with Crippen molar-refractivity contribution in [2.24, 2.45) is 0 Å². The molecule has 0 bridgehead atoms. The fraction of sp³-hybridized carbons (Fsp3) is 0.706. The molecule has 2 aliphatic heterocycles. The van der Waals surface area contributed by atoms with Crippen LogP contribution in [-0.2, 0) is 30.3 Å². The Hall–Kier alpha value is -3.30. The van der Waals surface area contributed by atoms with E-state index in [1.165, 1.54) is 17.0 Å². The fourth-order valence-corrected chi connectivity index (χ4v) is 6.59. The lowest BCUT2D eigenvalue weighted by Crippen LogP contribution is -2.68. The van der Waals surface area contributed by atoms with E-state index in [1.54, 1.807) is 41.5 Å². The summed E-state index contributed by atoms with van der Waals surface area (Å²) in [5.74, 6) is -5.77. The molecule has 0 spiro atoms. The summed E-state index contributed by atoms with van der Waals surface area (Å²) in [5.41, 5.74) is -5.73. The molecule has 4 amide bonds. The predicted molar refractivity (Wildman–Crippen MR) is 178 cm³/mol. The normalized spacial score (nSPS) is 24.1. The number of morpholine rings is 1. The number of benzene rings is 1. The monoisotopic (exact) mass is 731 g/mol. The standard InChI is InChI=1S/C34H49ClF3N5O7/c1-30(2,3)49-28(46)40-32(9-10-34(37,38)21-32)27(45)43(20-23-7-8-24(35)25(36)19-23)33(11-13-42(22-33)29(47)50-31(4,5)6)26(44)39-12-14-41-15-17-48-18-16-41/h7-8,19H,9-18,20-22H2,1-6H3,(H,39,44)(H,40,46)/t32-,33?/m0/s1. The summed E-state index contributed by atoms with van der Waals surface area (Å²) < 4.78 is 61.3. The zero-order valence-electron chi connectivity index (χ0n) is 29.6. The van der Waals surface area contributed by atoms with Crippen molar-refractivity contribution in [3.8, 4) is 0 Å². The van der Waals surface area contributed by atoms with Crippen LogP contribution in [0.2, 0.25) is 5.02 Å². The van der Waals surface area contributed by atoms with Crippen molar-refractivity contribution in [2.45, 2.75) is 102 Å². The van der Waals surface area contributed by atoms with Gasteiger partial charge in [-0.2, -0.15) is 0 Å². The topological polar surface area (TPSA) is 130 Å². The molecule has 12 nitrogen and oxygen atoms in total. The highest BCUT2D eigenvalue weighted by Gasteiger charge is 2.61. The minimum Gasteiger partial charge on any atom is -0.444 e. The maximum absolute atomic E-state index is 15.1. The van der Waals surface area contributed by atoms with Crippen LogP contribution >= 0.6 is 11.6 Å². The van der Waals surface area contributed by atoms with Crippen LogP contribution in [0.15, 0.2) is 18.2 Å². The molecule has 50 heavy (non-hydrogen) atoms. The molecule has 2 heterocycles. The lowest BCUT2D eigenvalue weighted by atomic mass is 9.87. The molecule has 1 aromatic carbocycles. The van der Waals surface area contributed by atoms with Crippen molar-refractivity contribution in [3.05, 3.63) is 34.6 Å². The zero-order valence-corrected chi connectivity index (χ0v) is 30.4. The Balaban J connectivity index is 1.79. The SMILES string of the molecule is CC(C)(C)OC(=O)N[C@@]1(C(=O)N(Cc2ccc(Cl)c(F)c2)C2(C(=O)NCCN3CCOCC3)CCN(C(=O)OC(C)(C)C)C2)CCC(F)(F)C1. The zero-order chi connectivity index (χ0) is 37.1. The summed E-state index contributed by atoms with van der Waals surface area (Å²) in [7, 11) is 0. The van der Waals surface area contributed by atoms with Gasteiger partial charge in [0.25, 0.3) is 5.92 Å². The molecule has 0 radical (unpaired) electrons. The maximum Gasteiger partial charge on any atom is 0.410 e. The number of hydrogen-bond acceptors (Lipinski definition) is 8. The molecule has 1 unspecified atom stereocenters. The Morgan fingerprint density at radius 1 is 0.980 bits per heavy atom. The van der Waals surface area contributed by atoms with Crippen molar-refractivity contribution in [3.63, 3.8) is 0 Å². The lowest BCUT2D eigenvalue weighted by molar-refractivity contribution is -0.154. The van der Waals surface area contributed by atoms with Crippen LogP contribution in [0.5, 0.6) is 0 Å². The van der Waals surface area contributed by atoms with Gasteiger partial charge < -0.3 is 34.6 Å². The van der Waals surface area contributed by atoms with Crippen LogP contribution in [0.3, 0.4) is 0 Å². The molecule has 2 atom stereocenters. The fourth-order valence-electron chi connectivity index (χ4n) is 6.47. The number of amides is 4. The van der Waals surface area contributed by atoms with E-state index in [-0.39, 0.29) is 36.6 Å². The molecule has 280 valence electrons. The number of likely N-dealkylation sites (tertiary alicyclic amines) is 1. The maximum atomic E-state index is 15.1. The Morgan fingerprint density at radius 3 is 2.22 bits per heavy atom. The van der Waals surface area contributed by atoms with Crippen molar-refractivity contribution in [2.75, 3.05) is 52.5 Å². The summed E-state index contributed by atoms with van der Waals surface area (Å²) >= 11 is 5.95. The number of carbonyl (C=O) groups excluding carboxylic acids is 4. The summed E-state index contributed by atoms with van der Waals surface area (Å²) in [4.78, 5) is 60.4. The molecule has 4 rings (SSSR count). The minimum atomic E-state index is -3.34. The summed E-state index contributed by atoms with van der Waals surface area (Å²) in [6.07, 6.45) is -4.18. The van der Waals surface area contributed by atoms with Gasteiger partial charge in [-0.3, -0.25) is 14.5 Å². The number of alkyl halides is 2. The van der Waals surface area contributed by atoms with Crippen molar-refractivity contribution < 1.29 is 46.6 Å². The van der Waals surface area contributed by atoms with E-state index in [2.05, 4.69) is 15.5 Å². The lowest BCUT2D eigenvalue weighted by Gasteiger charge is -2.44. The van der Waals surface area contributed by atoms with Crippen molar-refractivity contribution in [1.82, 2.24) is 25.3 Å². The van der Waals surface area contributed by atoms with E-state index in [9.17, 15) is 18.8 Å². The van der Waals surface area contributed by atoms with E-state index in [1.807, 2.05) is 0 Å². The number of ether oxygens (including phenoxy) is 3. The first kappa shape index (κ1) is 39.5. The first-order valence-electron chi connectivity index (χ1n) is 16.9. The number of hydrogen-bond donors (Lipinski definition) is 2. The largest absolute Gasteiger partial charge is 0.444 e. The molecule has 1 aliphatic carbocycles. The first-order valence-corrected chi connectivity index (χ1v) is 17.2. The molecule has 16 heteroatoms. The molecule has 1 saturated carbocycles. The molecular weight excluding hydrogens is 683 g/mol. The predicted octanol–water partition coefficient (Wildman–Crippen LogP) is 4.72. The molecule has 0 aromatic heterocycles. The third kappa shape index (κ3) is 9.93. The highest BCUT2D eigenvalue weighted by molar-refractivity contribution is 6.30. The van der Waals surface area contributed by atoms with Gasteiger partial charge in [0.15, 0.2) is 0 Å². The summed E-state index contributed by atoms with van der Waals surface area (Å²) in [6, 6.07) is 3.82. The molecular formula is C34H49ClF3N5O7. The number of alkyl carbamates (subject to hydrolysis) is 1. The molecule has 2 saturated heterocycles. The number of halogens is 4. The van der Waals surface area contributed by atoms with Crippen LogP contribution in [0.1, 0.15) is 72.8 Å². The third-order valence-corrected chi connectivity index (χ3v) is 9.16. The summed E-state index contributed by atoms with van der Waals surface area (Å²) in [6.45, 7) is 12.0. The van der Waals surface area contributed by atoms with Crippen LogP contribution in [-0.4, -0.2) is 119 Å². The van der Waals surface area contributed by atoms with Gasteiger partial charge in [0.1, 0.15) is 28.1 Å². The van der Waals surface area contributed by atoms with E-state index in [0.717, 1.165) is 11.0 Å². The van der Waals surface area contributed by atoms with Gasteiger partial charge in [0.05, 0.1) is 24.8 Å². The van der Waals surface area contributed by atoms with Gasteiger partial charge in [0.2, 0.25) is 11.8 Å². The van der Waals surface area contributed by atoms with Gasteiger partial charge in [-0.25, -0.2) is 22.8 Å². The minimum absolute atomic E-state index is 0.0206.